The van der Waals surface area contributed by atoms with Crippen molar-refractivity contribution >= 4 is 11.8 Å². The topological polar surface area (TPSA) is 74.2 Å². The maximum absolute atomic E-state index is 9.47. The number of allylic oxidation sites excluding steroid dienone is 1. The Kier molecular flexibility index (Phi) is 3.67. The van der Waals surface area contributed by atoms with Crippen molar-refractivity contribution < 1.29 is 5.21 Å². The lowest BCUT2D eigenvalue weighted by Crippen LogP contribution is -2.30. The molecule has 0 radical (unpaired) electrons. The highest BCUT2D eigenvalue weighted by atomic mass is 16.4. The van der Waals surface area contributed by atoms with E-state index in [0.717, 1.165) is 41.8 Å². The lowest BCUT2D eigenvalue weighted by Gasteiger charge is -2.34. The van der Waals surface area contributed by atoms with Crippen LogP contribution in [0.1, 0.15) is 40.9 Å². The van der Waals surface area contributed by atoms with Crippen LogP contribution in [0, 0.1) is 5.92 Å². The molecule has 0 aliphatic heterocycles. The molecule has 1 unspecified atom stereocenters. The van der Waals surface area contributed by atoms with Crippen LogP contribution >= 0.6 is 0 Å². The maximum atomic E-state index is 9.47. The molecule has 2 aliphatic carbocycles. The zero-order valence-electron chi connectivity index (χ0n) is 14.8. The second-order valence-electron chi connectivity index (χ2n) is 7.31. The molecule has 1 atom stereocenters. The first kappa shape index (κ1) is 16.0. The number of rotatable bonds is 4. The molecule has 5 nitrogen and oxygen atoms in total. The van der Waals surface area contributed by atoms with Gasteiger partial charge in [-0.2, -0.15) is 5.10 Å². The average Bonchev–Trinajstić information content (AvgIpc) is 3.49. The molecule has 134 valence electrons. The summed E-state index contributed by atoms with van der Waals surface area (Å²) in [5.41, 5.74) is 5.63. The Morgan fingerprint density at radius 1 is 1.11 bits per heavy atom. The van der Waals surface area contributed by atoms with Gasteiger partial charge in [-0.25, -0.2) is 0 Å². The van der Waals surface area contributed by atoms with E-state index >= 15 is 0 Å². The van der Waals surface area contributed by atoms with E-state index in [1.54, 1.807) is 6.20 Å². The number of aromatic nitrogens is 3. The molecule has 5 heteroatoms. The molecule has 3 aromatic rings. The lowest BCUT2D eigenvalue weighted by atomic mass is 9.69. The van der Waals surface area contributed by atoms with Crippen LogP contribution in [0.4, 0.5) is 0 Å². The molecular weight excluding hydrogens is 336 g/mol. The SMILES string of the molecule is ON=C(c1n[nH]c2c1C=CC(c1ccccc1)(c1cccnc1)C2)C1CC1. The van der Waals surface area contributed by atoms with E-state index in [0.29, 0.717) is 11.6 Å². The second kappa shape index (κ2) is 6.20. The van der Waals surface area contributed by atoms with Crippen LogP contribution in [0.2, 0.25) is 0 Å². The monoisotopic (exact) mass is 356 g/mol. The molecule has 2 heterocycles. The van der Waals surface area contributed by atoms with Crippen molar-refractivity contribution in [2.45, 2.75) is 24.7 Å². The quantitative estimate of drug-likeness (QED) is 0.422. The van der Waals surface area contributed by atoms with Gasteiger partial charge < -0.3 is 5.21 Å². The van der Waals surface area contributed by atoms with Crippen LogP contribution in [-0.4, -0.2) is 26.1 Å². The van der Waals surface area contributed by atoms with Gasteiger partial charge in [0, 0.05) is 41.4 Å². The van der Waals surface area contributed by atoms with E-state index in [4.69, 9.17) is 0 Å². The van der Waals surface area contributed by atoms with E-state index in [-0.39, 0.29) is 5.41 Å². The highest BCUT2D eigenvalue weighted by molar-refractivity contribution is 6.04. The number of hydrogen-bond acceptors (Lipinski definition) is 4. The summed E-state index contributed by atoms with van der Waals surface area (Å²) in [6, 6.07) is 14.6. The van der Waals surface area contributed by atoms with Gasteiger partial charge in [-0.1, -0.05) is 53.7 Å². The van der Waals surface area contributed by atoms with Gasteiger partial charge in [-0.05, 0) is 30.0 Å². The van der Waals surface area contributed by atoms with Crippen LogP contribution in [0.25, 0.3) is 6.08 Å². The summed E-state index contributed by atoms with van der Waals surface area (Å²) in [6.45, 7) is 0. The lowest BCUT2D eigenvalue weighted by molar-refractivity contribution is 0.317. The fraction of sp³-hybridized carbons (Fsp3) is 0.227. The summed E-state index contributed by atoms with van der Waals surface area (Å²) in [6.07, 6.45) is 11.0. The minimum absolute atomic E-state index is 0.303. The van der Waals surface area contributed by atoms with Gasteiger partial charge in [0.2, 0.25) is 0 Å². The Labute approximate surface area is 157 Å². The van der Waals surface area contributed by atoms with Gasteiger partial charge in [-0.3, -0.25) is 10.1 Å². The third-order valence-electron chi connectivity index (χ3n) is 5.65. The number of nitrogens with one attached hydrogen (secondary N) is 1. The molecule has 1 aromatic carbocycles. The number of hydrogen-bond donors (Lipinski definition) is 2. The van der Waals surface area contributed by atoms with Crippen LogP contribution in [-0.2, 0) is 11.8 Å². The number of pyridine rings is 1. The van der Waals surface area contributed by atoms with E-state index < -0.39 is 0 Å². The van der Waals surface area contributed by atoms with E-state index in [9.17, 15) is 5.21 Å². The van der Waals surface area contributed by atoms with Crippen LogP contribution in [0.5, 0.6) is 0 Å². The fourth-order valence-electron chi connectivity index (χ4n) is 4.06. The summed E-state index contributed by atoms with van der Waals surface area (Å²) in [7, 11) is 0. The van der Waals surface area contributed by atoms with E-state index in [1.807, 2.05) is 18.3 Å². The minimum Gasteiger partial charge on any atom is -0.411 e. The Balaban J connectivity index is 1.63. The van der Waals surface area contributed by atoms with Crippen LogP contribution < -0.4 is 0 Å². The van der Waals surface area contributed by atoms with Crippen molar-refractivity contribution in [1.29, 1.82) is 0 Å². The van der Waals surface area contributed by atoms with Crippen molar-refractivity contribution in [3.05, 3.63) is 89.0 Å². The third-order valence-corrected chi connectivity index (χ3v) is 5.65. The molecule has 0 saturated heterocycles. The summed E-state index contributed by atoms with van der Waals surface area (Å²) in [4.78, 5) is 4.35. The van der Waals surface area contributed by atoms with Crippen molar-refractivity contribution in [2.75, 3.05) is 0 Å². The number of benzene rings is 1. The molecule has 0 bridgehead atoms. The molecule has 0 amide bonds. The van der Waals surface area contributed by atoms with Gasteiger partial charge in [0.05, 0.1) is 0 Å². The van der Waals surface area contributed by atoms with Crippen LogP contribution in [0.15, 0.2) is 66.1 Å². The molecule has 1 saturated carbocycles. The first-order valence-electron chi connectivity index (χ1n) is 9.26. The van der Waals surface area contributed by atoms with Gasteiger partial charge in [0.1, 0.15) is 11.4 Å². The van der Waals surface area contributed by atoms with Gasteiger partial charge in [-0.15, -0.1) is 0 Å². The van der Waals surface area contributed by atoms with Crippen molar-refractivity contribution in [3.8, 4) is 0 Å². The first-order valence-corrected chi connectivity index (χ1v) is 9.26. The summed E-state index contributed by atoms with van der Waals surface area (Å²) in [5.74, 6) is 0.329. The Morgan fingerprint density at radius 2 is 1.93 bits per heavy atom. The van der Waals surface area contributed by atoms with Gasteiger partial charge >= 0.3 is 0 Å². The summed E-state index contributed by atoms with van der Waals surface area (Å²) >= 11 is 0. The van der Waals surface area contributed by atoms with Gasteiger partial charge in [0.25, 0.3) is 0 Å². The van der Waals surface area contributed by atoms with Gasteiger partial charge in [0.15, 0.2) is 0 Å². The molecule has 0 spiro atoms. The predicted molar refractivity (Wildman–Crippen MR) is 104 cm³/mol. The Morgan fingerprint density at radius 3 is 2.63 bits per heavy atom. The number of oxime groups is 1. The van der Waals surface area contributed by atoms with E-state index in [1.165, 1.54) is 5.56 Å². The van der Waals surface area contributed by atoms with E-state index in [2.05, 4.69) is 62.8 Å². The summed E-state index contributed by atoms with van der Waals surface area (Å²) < 4.78 is 0. The molecule has 2 aromatic heterocycles. The first-order chi connectivity index (χ1) is 13.3. The average molecular weight is 356 g/mol. The minimum atomic E-state index is -0.303. The molecular formula is C22H20N4O. The Hall–Kier alpha value is -3.21. The van der Waals surface area contributed by atoms with Crippen molar-refractivity contribution in [2.24, 2.45) is 11.1 Å². The predicted octanol–water partition coefficient (Wildman–Crippen LogP) is 3.95. The standard InChI is InChI=1S/C22H20N4O/c27-26-20(15-8-9-15)21-18-10-11-22(13-19(18)24-25-21,16-5-2-1-3-6-16)17-7-4-12-23-14-17/h1-7,10-12,14-15,27H,8-9,13H2,(H,24,25). The summed E-state index contributed by atoms with van der Waals surface area (Å²) in [5, 5.41) is 20.7. The molecule has 2 N–H and O–H groups in total. The second-order valence-corrected chi connectivity index (χ2v) is 7.31. The number of H-pyrrole nitrogens is 1. The Bertz CT molecular complexity index is 977. The molecule has 2 aliphatic rings. The number of aromatic amines is 1. The zero-order valence-corrected chi connectivity index (χ0v) is 14.8. The maximum Gasteiger partial charge on any atom is 0.117 e. The fourth-order valence-corrected chi connectivity index (χ4v) is 4.06. The zero-order chi connectivity index (χ0) is 18.3. The van der Waals surface area contributed by atoms with Crippen molar-refractivity contribution in [3.63, 3.8) is 0 Å². The molecule has 5 rings (SSSR count). The van der Waals surface area contributed by atoms with Crippen LogP contribution in [0.3, 0.4) is 0 Å². The molecule has 1 fully saturated rings. The number of nitrogens with zero attached hydrogens (tertiary/aromatic N) is 3. The molecule has 27 heavy (non-hydrogen) atoms. The van der Waals surface area contributed by atoms with Crippen molar-refractivity contribution in [1.82, 2.24) is 15.2 Å². The highest BCUT2D eigenvalue weighted by Crippen LogP contribution is 2.42. The smallest absolute Gasteiger partial charge is 0.117 e. The largest absolute Gasteiger partial charge is 0.411 e. The number of fused-ring (bicyclic) bond motifs is 1. The highest BCUT2D eigenvalue weighted by Gasteiger charge is 2.39. The third kappa shape index (κ3) is 2.58. The normalized spacial score (nSPS) is 21.9.